The molecule has 5 nitrogen and oxygen atoms in total. The van der Waals surface area contributed by atoms with Crippen molar-refractivity contribution in [1.82, 2.24) is 15.5 Å². The lowest BCUT2D eigenvalue weighted by molar-refractivity contribution is 0.0769. The fourth-order valence-corrected chi connectivity index (χ4v) is 2.61. The molecule has 1 aromatic heterocycles. The van der Waals surface area contributed by atoms with Gasteiger partial charge in [-0.2, -0.15) is 5.10 Å². The first-order valence-corrected chi connectivity index (χ1v) is 7.13. The molecule has 0 bridgehead atoms. The topological polar surface area (TPSA) is 56.3 Å². The minimum atomic E-state index is 0.160. The van der Waals surface area contributed by atoms with Crippen molar-refractivity contribution in [3.8, 4) is 17.0 Å². The van der Waals surface area contributed by atoms with Crippen LogP contribution in [0.1, 0.15) is 11.6 Å². The van der Waals surface area contributed by atoms with Crippen molar-refractivity contribution in [2.24, 2.45) is 0 Å². The van der Waals surface area contributed by atoms with Crippen molar-refractivity contribution < 1.29 is 9.47 Å². The Kier molecular flexibility index (Phi) is 4.34. The Bertz CT molecular complexity index is 630. The number of methoxy groups -OCH3 is 1. The van der Waals surface area contributed by atoms with Crippen molar-refractivity contribution in [3.63, 3.8) is 0 Å². The molecule has 1 fully saturated rings. The zero-order chi connectivity index (χ0) is 14.7. The highest BCUT2D eigenvalue weighted by Gasteiger charge is 2.16. The maximum Gasteiger partial charge on any atom is 0.233 e. The van der Waals surface area contributed by atoms with E-state index >= 15 is 0 Å². The molecular weight excluding hydrogens is 290 g/mol. The van der Waals surface area contributed by atoms with Gasteiger partial charge in [0.15, 0.2) is 0 Å². The van der Waals surface area contributed by atoms with E-state index in [1.54, 1.807) is 13.3 Å². The molecule has 1 aromatic carbocycles. The number of rotatable bonds is 3. The minimum Gasteiger partial charge on any atom is -0.480 e. The molecule has 0 aliphatic carbocycles. The lowest BCUT2D eigenvalue weighted by atomic mass is 10.0. The van der Waals surface area contributed by atoms with E-state index in [-0.39, 0.29) is 6.04 Å². The van der Waals surface area contributed by atoms with Gasteiger partial charge in [-0.25, -0.2) is 0 Å². The molecule has 3 rings (SSSR count). The third-order valence-corrected chi connectivity index (χ3v) is 3.64. The van der Waals surface area contributed by atoms with Gasteiger partial charge >= 0.3 is 0 Å². The predicted molar refractivity (Wildman–Crippen MR) is 80.6 cm³/mol. The van der Waals surface area contributed by atoms with Crippen molar-refractivity contribution in [1.29, 1.82) is 0 Å². The lowest BCUT2D eigenvalue weighted by Gasteiger charge is -2.24. The number of nitrogens with zero attached hydrogens (tertiary/aromatic N) is 2. The summed E-state index contributed by atoms with van der Waals surface area (Å²) in [5.74, 6) is 0.480. The highest BCUT2D eigenvalue weighted by molar-refractivity contribution is 6.31. The van der Waals surface area contributed by atoms with Crippen LogP contribution in [0, 0.1) is 0 Å². The maximum atomic E-state index is 6.26. The average Bonchev–Trinajstić information content (AvgIpc) is 2.55. The number of halogens is 1. The molecule has 2 heterocycles. The van der Waals surface area contributed by atoms with Gasteiger partial charge in [-0.1, -0.05) is 11.6 Å². The highest BCUT2D eigenvalue weighted by atomic mass is 35.5. The smallest absolute Gasteiger partial charge is 0.233 e. The molecule has 1 unspecified atom stereocenters. The molecule has 110 valence electrons. The first-order valence-electron chi connectivity index (χ1n) is 6.75. The van der Waals surface area contributed by atoms with Gasteiger partial charge in [0.1, 0.15) is 0 Å². The van der Waals surface area contributed by atoms with Gasteiger partial charge in [0.25, 0.3) is 0 Å². The van der Waals surface area contributed by atoms with Gasteiger partial charge in [-0.15, -0.1) is 5.10 Å². The van der Waals surface area contributed by atoms with Gasteiger partial charge in [-0.3, -0.25) is 0 Å². The van der Waals surface area contributed by atoms with Crippen LogP contribution < -0.4 is 10.1 Å². The fraction of sp³-hybridized carbons (Fsp3) is 0.333. The number of nitrogens with one attached hydrogen (secondary N) is 1. The van der Waals surface area contributed by atoms with Crippen LogP contribution in [0.3, 0.4) is 0 Å². The van der Waals surface area contributed by atoms with Gasteiger partial charge in [0, 0.05) is 23.2 Å². The van der Waals surface area contributed by atoms with Crippen LogP contribution in [-0.4, -0.2) is 37.1 Å². The van der Waals surface area contributed by atoms with Crippen molar-refractivity contribution in [3.05, 3.63) is 41.0 Å². The van der Waals surface area contributed by atoms with Gasteiger partial charge in [-0.05, 0) is 29.3 Å². The molecule has 1 aliphatic rings. The Morgan fingerprint density at radius 3 is 2.95 bits per heavy atom. The summed E-state index contributed by atoms with van der Waals surface area (Å²) >= 11 is 6.26. The summed E-state index contributed by atoms with van der Waals surface area (Å²) < 4.78 is 10.6. The highest BCUT2D eigenvalue weighted by Crippen LogP contribution is 2.29. The fourth-order valence-electron chi connectivity index (χ4n) is 2.36. The number of hydrogen-bond acceptors (Lipinski definition) is 5. The van der Waals surface area contributed by atoms with Crippen LogP contribution in [0.15, 0.2) is 30.5 Å². The Balaban J connectivity index is 1.96. The summed E-state index contributed by atoms with van der Waals surface area (Å²) in [5, 5.41) is 11.9. The van der Waals surface area contributed by atoms with Crippen molar-refractivity contribution in [2.75, 3.05) is 26.9 Å². The second kappa shape index (κ2) is 6.39. The molecule has 6 heteroatoms. The summed E-state index contributed by atoms with van der Waals surface area (Å²) in [7, 11) is 1.57. The Hall–Kier alpha value is -1.69. The van der Waals surface area contributed by atoms with E-state index in [0.717, 1.165) is 29.8 Å². The molecule has 1 atom stereocenters. The molecule has 1 saturated heterocycles. The third-order valence-electron chi connectivity index (χ3n) is 3.42. The van der Waals surface area contributed by atoms with Gasteiger partial charge in [0.2, 0.25) is 5.88 Å². The zero-order valence-corrected chi connectivity index (χ0v) is 12.4. The minimum absolute atomic E-state index is 0.160. The van der Waals surface area contributed by atoms with Crippen LogP contribution in [0.5, 0.6) is 5.88 Å². The first kappa shape index (κ1) is 14.3. The number of morpholine rings is 1. The van der Waals surface area contributed by atoms with E-state index in [1.807, 2.05) is 18.2 Å². The summed E-state index contributed by atoms with van der Waals surface area (Å²) in [6, 6.07) is 7.96. The molecular formula is C15H16ClN3O2. The second-order valence-corrected chi connectivity index (χ2v) is 5.28. The molecule has 21 heavy (non-hydrogen) atoms. The van der Waals surface area contributed by atoms with Crippen LogP contribution in [-0.2, 0) is 4.74 Å². The number of aromatic nitrogens is 2. The lowest BCUT2D eigenvalue weighted by Crippen LogP contribution is -2.34. The van der Waals surface area contributed by atoms with E-state index in [2.05, 4.69) is 21.6 Å². The second-order valence-electron chi connectivity index (χ2n) is 4.84. The van der Waals surface area contributed by atoms with Crippen LogP contribution in [0.2, 0.25) is 5.02 Å². The van der Waals surface area contributed by atoms with E-state index in [4.69, 9.17) is 21.1 Å². The molecule has 0 saturated carbocycles. The molecule has 0 spiro atoms. The number of hydrogen-bond donors (Lipinski definition) is 1. The number of ether oxygens (including phenoxy) is 2. The maximum absolute atomic E-state index is 6.26. The Labute approximate surface area is 128 Å². The summed E-state index contributed by atoms with van der Waals surface area (Å²) in [6.45, 7) is 2.24. The summed E-state index contributed by atoms with van der Waals surface area (Å²) in [6.07, 6.45) is 1.70. The monoisotopic (exact) mass is 305 g/mol. The van der Waals surface area contributed by atoms with E-state index < -0.39 is 0 Å². The average molecular weight is 306 g/mol. The molecule has 0 radical (unpaired) electrons. The zero-order valence-electron chi connectivity index (χ0n) is 11.7. The molecule has 1 N–H and O–H groups in total. The van der Waals surface area contributed by atoms with E-state index in [1.165, 1.54) is 0 Å². The Morgan fingerprint density at radius 2 is 2.19 bits per heavy atom. The summed E-state index contributed by atoms with van der Waals surface area (Å²) in [5.41, 5.74) is 3.01. The summed E-state index contributed by atoms with van der Waals surface area (Å²) in [4.78, 5) is 0. The molecule has 0 amide bonds. The third kappa shape index (κ3) is 3.32. The van der Waals surface area contributed by atoms with E-state index in [9.17, 15) is 0 Å². The van der Waals surface area contributed by atoms with Crippen LogP contribution >= 0.6 is 11.6 Å². The molecule has 1 aliphatic heterocycles. The Morgan fingerprint density at radius 1 is 1.29 bits per heavy atom. The normalized spacial score (nSPS) is 18.5. The quantitative estimate of drug-likeness (QED) is 0.944. The SMILES string of the molecule is COc1cc(-c2cc(Cl)cc(C3COCCN3)c2)cnn1. The van der Waals surface area contributed by atoms with Gasteiger partial charge < -0.3 is 14.8 Å². The van der Waals surface area contributed by atoms with Gasteiger partial charge in [0.05, 0.1) is 32.6 Å². The van der Waals surface area contributed by atoms with Crippen molar-refractivity contribution >= 4 is 11.6 Å². The standard InChI is InChI=1S/C15H16ClN3O2/c1-20-15-7-12(8-18-19-15)10-4-11(6-13(16)5-10)14-9-21-3-2-17-14/h4-8,14,17H,2-3,9H2,1H3. The molecule has 2 aromatic rings. The van der Waals surface area contributed by atoms with Crippen molar-refractivity contribution in [2.45, 2.75) is 6.04 Å². The predicted octanol–water partition coefficient (Wildman–Crippen LogP) is 2.47. The first-order chi connectivity index (χ1) is 10.3. The van der Waals surface area contributed by atoms with Crippen LogP contribution in [0.4, 0.5) is 0 Å². The number of benzene rings is 1. The van der Waals surface area contributed by atoms with E-state index in [0.29, 0.717) is 17.5 Å². The van der Waals surface area contributed by atoms with Crippen LogP contribution in [0.25, 0.3) is 11.1 Å². The largest absolute Gasteiger partial charge is 0.480 e.